The first-order valence-electron chi connectivity index (χ1n) is 11.8. The molecule has 0 radical (unpaired) electrons. The van der Waals surface area contributed by atoms with E-state index in [0.717, 1.165) is 45.2 Å². The predicted octanol–water partition coefficient (Wildman–Crippen LogP) is 8.70. The molecule has 0 saturated heterocycles. The summed E-state index contributed by atoms with van der Waals surface area (Å²) in [7, 11) is 3.28. The number of allylic oxidation sites excluding steroid dienone is 4. The molecule has 1 heterocycles. The molecule has 0 bridgehead atoms. The van der Waals surface area contributed by atoms with Crippen LogP contribution in [0.15, 0.2) is 103 Å². The highest BCUT2D eigenvalue weighted by Gasteiger charge is 2.24. The van der Waals surface area contributed by atoms with Crippen LogP contribution in [0.4, 0.5) is 0 Å². The van der Waals surface area contributed by atoms with Crippen LogP contribution in [0.1, 0.15) is 18.2 Å². The third kappa shape index (κ3) is 5.66. The molecule has 3 aromatic carbocycles. The molecular weight excluding hydrogens is 503 g/mol. The van der Waals surface area contributed by atoms with Gasteiger partial charge in [-0.05, 0) is 60.5 Å². The normalized spacial score (nSPS) is 11.9. The lowest BCUT2D eigenvalue weighted by atomic mass is 10.0. The van der Waals surface area contributed by atoms with Gasteiger partial charge in [-0.1, -0.05) is 78.3 Å². The van der Waals surface area contributed by atoms with Crippen LogP contribution in [0.3, 0.4) is 0 Å². The van der Waals surface area contributed by atoms with E-state index >= 15 is 0 Å². The second-order valence-corrected chi connectivity index (χ2v) is 9.04. The van der Waals surface area contributed by atoms with Gasteiger partial charge in [0.2, 0.25) is 0 Å². The van der Waals surface area contributed by atoms with Gasteiger partial charge >= 0.3 is 0 Å². The lowest BCUT2D eigenvalue weighted by molar-refractivity contribution is 0.307. The summed E-state index contributed by atoms with van der Waals surface area (Å²) in [5.41, 5.74) is 5.27. The Morgan fingerprint density at radius 2 is 1.70 bits per heavy atom. The van der Waals surface area contributed by atoms with E-state index in [1.807, 2.05) is 91.9 Å². The number of methoxy groups -OCH3 is 2. The van der Waals surface area contributed by atoms with E-state index < -0.39 is 0 Å². The third-order valence-electron chi connectivity index (χ3n) is 6.03. The number of rotatable bonds is 9. The predicted molar refractivity (Wildman–Crippen MR) is 154 cm³/mol. The van der Waals surface area contributed by atoms with E-state index in [9.17, 15) is 0 Å². The molecule has 0 amide bonds. The Morgan fingerprint density at radius 3 is 2.35 bits per heavy atom. The summed E-state index contributed by atoms with van der Waals surface area (Å²) in [5.74, 6) is 2.10. The number of nitrogens with zero attached hydrogens (tertiary/aromatic N) is 2. The maximum atomic E-state index is 6.70. The molecule has 188 valence electrons. The van der Waals surface area contributed by atoms with E-state index in [-0.39, 0.29) is 0 Å². The molecule has 37 heavy (non-hydrogen) atoms. The van der Waals surface area contributed by atoms with E-state index in [2.05, 4.69) is 11.1 Å². The minimum Gasteiger partial charge on any atom is -0.497 e. The molecule has 0 saturated carbocycles. The molecule has 0 atom stereocenters. The number of benzene rings is 3. The van der Waals surface area contributed by atoms with E-state index in [4.69, 9.17) is 37.7 Å². The van der Waals surface area contributed by atoms with Crippen molar-refractivity contribution in [2.24, 2.45) is 0 Å². The molecule has 0 N–H and O–H groups in total. The zero-order valence-corrected chi connectivity index (χ0v) is 22.6. The maximum absolute atomic E-state index is 6.70. The Bertz CT molecular complexity index is 1480. The van der Waals surface area contributed by atoms with Crippen molar-refractivity contribution in [2.75, 3.05) is 14.2 Å². The van der Waals surface area contributed by atoms with Gasteiger partial charge in [0.25, 0.3) is 0 Å². The summed E-state index contributed by atoms with van der Waals surface area (Å²) in [6, 6.07) is 23.4. The van der Waals surface area contributed by atoms with Gasteiger partial charge < -0.3 is 14.0 Å². The lowest BCUT2D eigenvalue weighted by Gasteiger charge is -2.16. The standard InChI is InChI=1S/C31H28Cl2N2O2/c1-5-21(18-24(6-2)36-3)30-29(22-13-11-14-25(19-22)37-4)34-31(26-15-8-10-17-28(26)33)35(30)20-23-12-7-9-16-27(23)32/h5-19H,2,20H2,1,3-4H3/b21-5+,24-18+. The molecule has 1 aromatic heterocycles. The largest absolute Gasteiger partial charge is 0.497 e. The average Bonchev–Trinajstić information content (AvgIpc) is 3.29. The molecule has 4 nitrogen and oxygen atoms in total. The second kappa shape index (κ2) is 12.0. The number of aromatic nitrogens is 2. The molecule has 6 heteroatoms. The van der Waals surface area contributed by atoms with Crippen LogP contribution in [-0.2, 0) is 11.3 Å². The van der Waals surface area contributed by atoms with E-state index in [1.54, 1.807) is 20.3 Å². The lowest BCUT2D eigenvalue weighted by Crippen LogP contribution is -2.07. The average molecular weight is 531 g/mol. The summed E-state index contributed by atoms with van der Waals surface area (Å²) < 4.78 is 13.2. The fourth-order valence-corrected chi connectivity index (χ4v) is 4.57. The summed E-state index contributed by atoms with van der Waals surface area (Å²) in [5, 5.41) is 1.29. The summed E-state index contributed by atoms with van der Waals surface area (Å²) in [4.78, 5) is 5.18. The van der Waals surface area contributed by atoms with Gasteiger partial charge in [-0.15, -0.1) is 0 Å². The van der Waals surface area contributed by atoms with Crippen molar-refractivity contribution in [1.82, 2.24) is 9.55 Å². The third-order valence-corrected chi connectivity index (χ3v) is 6.73. The van der Waals surface area contributed by atoms with Crippen LogP contribution < -0.4 is 4.74 Å². The molecule has 0 spiro atoms. The van der Waals surface area contributed by atoms with Crippen molar-refractivity contribution in [2.45, 2.75) is 13.5 Å². The van der Waals surface area contributed by atoms with Crippen molar-refractivity contribution in [3.05, 3.63) is 125 Å². The number of ether oxygens (including phenoxy) is 2. The Labute approximate surface area is 228 Å². The quantitative estimate of drug-likeness (QED) is 0.160. The minimum absolute atomic E-state index is 0.480. The Morgan fingerprint density at radius 1 is 0.973 bits per heavy atom. The summed E-state index contributed by atoms with van der Waals surface area (Å²) in [6.07, 6.45) is 5.66. The van der Waals surface area contributed by atoms with Crippen molar-refractivity contribution in [1.29, 1.82) is 0 Å². The minimum atomic E-state index is 0.480. The van der Waals surface area contributed by atoms with Crippen molar-refractivity contribution >= 4 is 28.8 Å². The van der Waals surface area contributed by atoms with Gasteiger partial charge in [-0.2, -0.15) is 0 Å². The first-order chi connectivity index (χ1) is 18.0. The molecule has 0 aliphatic heterocycles. The van der Waals surface area contributed by atoms with Gasteiger partial charge in [0.15, 0.2) is 0 Å². The zero-order valence-electron chi connectivity index (χ0n) is 21.0. The van der Waals surface area contributed by atoms with Crippen LogP contribution in [0.25, 0.3) is 28.2 Å². The van der Waals surface area contributed by atoms with Crippen LogP contribution in [0, 0.1) is 0 Å². The molecule has 4 aromatic rings. The highest BCUT2D eigenvalue weighted by molar-refractivity contribution is 6.33. The first-order valence-corrected chi connectivity index (χ1v) is 12.5. The number of hydrogen-bond donors (Lipinski definition) is 0. The van der Waals surface area contributed by atoms with Crippen LogP contribution >= 0.6 is 23.2 Å². The van der Waals surface area contributed by atoms with Crippen molar-refractivity contribution in [3.63, 3.8) is 0 Å². The smallest absolute Gasteiger partial charge is 0.142 e. The fourth-order valence-electron chi connectivity index (χ4n) is 4.16. The topological polar surface area (TPSA) is 36.3 Å². The Hall–Kier alpha value is -3.73. The molecule has 0 aliphatic rings. The van der Waals surface area contributed by atoms with Crippen LogP contribution in [0.5, 0.6) is 5.75 Å². The first kappa shape index (κ1) is 26.3. The fraction of sp³-hybridized carbons (Fsp3) is 0.129. The number of imidazole rings is 1. The maximum Gasteiger partial charge on any atom is 0.142 e. The number of hydrogen-bond acceptors (Lipinski definition) is 3. The van der Waals surface area contributed by atoms with Gasteiger partial charge in [-0.3, -0.25) is 0 Å². The molecule has 0 aliphatic carbocycles. The van der Waals surface area contributed by atoms with Gasteiger partial charge in [0.1, 0.15) is 17.3 Å². The molecule has 4 rings (SSSR count). The Kier molecular flexibility index (Phi) is 8.54. The van der Waals surface area contributed by atoms with Crippen LogP contribution in [0.2, 0.25) is 10.0 Å². The number of halogens is 2. The van der Waals surface area contributed by atoms with Gasteiger partial charge in [-0.25, -0.2) is 4.98 Å². The van der Waals surface area contributed by atoms with Gasteiger partial charge in [0, 0.05) is 16.1 Å². The highest BCUT2D eigenvalue weighted by atomic mass is 35.5. The SMILES string of the molecule is C=C/C(=C\C(=C/C)c1c(-c2cccc(OC)c2)nc(-c2ccccc2Cl)n1Cc1ccccc1Cl)OC. The van der Waals surface area contributed by atoms with Crippen molar-refractivity contribution < 1.29 is 9.47 Å². The monoisotopic (exact) mass is 530 g/mol. The van der Waals surface area contributed by atoms with Gasteiger partial charge in [0.05, 0.1) is 37.2 Å². The van der Waals surface area contributed by atoms with E-state index in [1.165, 1.54) is 0 Å². The highest BCUT2D eigenvalue weighted by Crippen LogP contribution is 2.38. The molecule has 0 unspecified atom stereocenters. The summed E-state index contributed by atoms with van der Waals surface area (Å²) >= 11 is 13.3. The van der Waals surface area contributed by atoms with Crippen LogP contribution in [-0.4, -0.2) is 23.8 Å². The summed E-state index contributed by atoms with van der Waals surface area (Å²) in [6.45, 7) is 6.35. The van der Waals surface area contributed by atoms with Crippen molar-refractivity contribution in [3.8, 4) is 28.4 Å². The Balaban J connectivity index is 2.10. The molecular formula is C31H28Cl2N2O2. The second-order valence-electron chi connectivity index (χ2n) is 8.22. The van der Waals surface area contributed by atoms with E-state index in [0.29, 0.717) is 22.3 Å². The molecule has 0 fully saturated rings. The zero-order chi connectivity index (χ0) is 26.4.